The summed E-state index contributed by atoms with van der Waals surface area (Å²) in [6.07, 6.45) is 56.7. The van der Waals surface area contributed by atoms with Gasteiger partial charge in [-0.15, -0.1) is 0 Å². The van der Waals surface area contributed by atoms with Gasteiger partial charge >= 0.3 is 17.9 Å². The van der Waals surface area contributed by atoms with E-state index in [4.69, 9.17) is 14.2 Å². The Kier molecular flexibility index (Phi) is 39.7. The van der Waals surface area contributed by atoms with Crippen LogP contribution in [0.2, 0.25) is 0 Å². The lowest BCUT2D eigenvalue weighted by atomic mass is 10.1. The van der Waals surface area contributed by atoms with Crippen LogP contribution in [-0.4, -0.2) is 37.2 Å². The van der Waals surface area contributed by atoms with Crippen molar-refractivity contribution < 1.29 is 28.6 Å². The summed E-state index contributed by atoms with van der Waals surface area (Å²) < 4.78 is 16.5. The average Bonchev–Trinajstić information content (AvgIpc) is 3.18. The molecule has 55 heavy (non-hydrogen) atoms. The molecule has 0 N–H and O–H groups in total. The summed E-state index contributed by atoms with van der Waals surface area (Å²) in [6, 6.07) is 0. The second kappa shape index (κ2) is 42.8. The molecule has 0 aliphatic rings. The van der Waals surface area contributed by atoms with Crippen molar-refractivity contribution in [3.8, 4) is 0 Å². The van der Waals surface area contributed by atoms with Crippen molar-refractivity contribution in [3.05, 3.63) is 109 Å². The van der Waals surface area contributed by atoms with E-state index in [2.05, 4.69) is 118 Å². The Morgan fingerprint density at radius 3 is 1.16 bits per heavy atom. The Labute approximate surface area is 336 Å². The highest BCUT2D eigenvalue weighted by Crippen LogP contribution is 2.11. The Morgan fingerprint density at radius 2 is 0.691 bits per heavy atom. The first-order valence-corrected chi connectivity index (χ1v) is 21.4. The quantitative estimate of drug-likeness (QED) is 0.0274. The van der Waals surface area contributed by atoms with Gasteiger partial charge in [-0.2, -0.15) is 0 Å². The average molecular weight is 761 g/mol. The normalized spacial score (nSPS) is 13.1. The molecule has 308 valence electrons. The smallest absolute Gasteiger partial charge is 0.306 e. The number of unbranched alkanes of at least 4 members (excludes halogenated alkanes) is 7. The molecular formula is C49H76O6. The Morgan fingerprint density at radius 1 is 0.364 bits per heavy atom. The first-order chi connectivity index (χ1) is 27.0. The van der Waals surface area contributed by atoms with Crippen molar-refractivity contribution in [2.24, 2.45) is 0 Å². The molecule has 6 nitrogen and oxygen atoms in total. The zero-order chi connectivity index (χ0) is 40.1. The van der Waals surface area contributed by atoms with Gasteiger partial charge in [-0.3, -0.25) is 14.4 Å². The van der Waals surface area contributed by atoms with Crippen LogP contribution in [0.1, 0.15) is 162 Å². The summed E-state index contributed by atoms with van der Waals surface area (Å²) in [4.78, 5) is 37.6. The molecule has 0 aromatic carbocycles. The standard InChI is InChI=1S/C49H76O6/c1-4-7-10-13-16-19-21-23-24-25-26-28-30-33-36-39-42-48(51)54-45-46(44-53-47(50)41-38-35-32-29-18-15-12-9-6-3)55-49(52)43-40-37-34-31-27-22-20-17-14-11-8-5-2/h7-12,16-20,23-24,26,28-29,33,36,46H,4-6,13-15,21-22,25,27,30-32,34-35,37-45H2,1-3H3/b10-7-,11-8-,12-9-,19-16-,20-17-,24-23-,28-26-,29-18-,36-33-. The van der Waals surface area contributed by atoms with Crippen molar-refractivity contribution in [1.29, 1.82) is 0 Å². The van der Waals surface area contributed by atoms with Gasteiger partial charge < -0.3 is 14.2 Å². The SMILES string of the molecule is CC/C=C\C/C=C\C/C=C\C/C=C\C/C=C\CCC(=O)OCC(COC(=O)CCCC/C=C\C/C=C\CC)OC(=O)CCCCCCC/C=C\C/C=C\CC. The Bertz CT molecular complexity index is 1200. The fraction of sp³-hybridized carbons (Fsp3) is 0.571. The van der Waals surface area contributed by atoms with Gasteiger partial charge in [-0.05, 0) is 103 Å². The van der Waals surface area contributed by atoms with Crippen molar-refractivity contribution in [2.75, 3.05) is 13.2 Å². The van der Waals surface area contributed by atoms with Crippen LogP contribution in [0.4, 0.5) is 0 Å². The molecular weight excluding hydrogens is 685 g/mol. The van der Waals surface area contributed by atoms with Gasteiger partial charge in [0.05, 0.1) is 0 Å². The molecule has 1 atom stereocenters. The third-order valence-electron chi connectivity index (χ3n) is 8.27. The van der Waals surface area contributed by atoms with Crippen LogP contribution in [0.25, 0.3) is 0 Å². The summed E-state index contributed by atoms with van der Waals surface area (Å²) >= 11 is 0. The minimum Gasteiger partial charge on any atom is -0.462 e. The molecule has 0 spiro atoms. The van der Waals surface area contributed by atoms with Gasteiger partial charge in [0.1, 0.15) is 13.2 Å². The Hall–Kier alpha value is -3.93. The highest BCUT2D eigenvalue weighted by molar-refractivity contribution is 5.71. The number of allylic oxidation sites excluding steroid dienone is 18. The number of esters is 3. The van der Waals surface area contributed by atoms with E-state index in [0.717, 1.165) is 116 Å². The fourth-order valence-corrected chi connectivity index (χ4v) is 5.15. The highest BCUT2D eigenvalue weighted by atomic mass is 16.6. The molecule has 0 saturated heterocycles. The molecule has 6 heteroatoms. The fourth-order valence-electron chi connectivity index (χ4n) is 5.15. The van der Waals surface area contributed by atoms with Crippen LogP contribution in [0.3, 0.4) is 0 Å². The van der Waals surface area contributed by atoms with Gasteiger partial charge in [-0.25, -0.2) is 0 Å². The number of carbonyl (C=O) groups excluding carboxylic acids is 3. The molecule has 1 unspecified atom stereocenters. The summed E-state index contributed by atoms with van der Waals surface area (Å²) in [7, 11) is 0. The lowest BCUT2D eigenvalue weighted by molar-refractivity contribution is -0.166. The number of hydrogen-bond acceptors (Lipinski definition) is 6. The van der Waals surface area contributed by atoms with Gasteiger partial charge in [0.15, 0.2) is 6.10 Å². The van der Waals surface area contributed by atoms with Gasteiger partial charge in [-0.1, -0.05) is 149 Å². The topological polar surface area (TPSA) is 78.9 Å². The van der Waals surface area contributed by atoms with E-state index in [1.165, 1.54) is 0 Å². The molecule has 0 heterocycles. The van der Waals surface area contributed by atoms with Crippen LogP contribution < -0.4 is 0 Å². The number of rotatable bonds is 36. The lowest BCUT2D eigenvalue weighted by Gasteiger charge is -2.18. The van der Waals surface area contributed by atoms with Gasteiger partial charge in [0.2, 0.25) is 0 Å². The molecule has 0 saturated carbocycles. The van der Waals surface area contributed by atoms with Crippen LogP contribution >= 0.6 is 0 Å². The van der Waals surface area contributed by atoms with Crippen molar-refractivity contribution in [2.45, 2.75) is 168 Å². The maximum atomic E-state index is 12.7. The van der Waals surface area contributed by atoms with Crippen LogP contribution in [0.15, 0.2) is 109 Å². The summed E-state index contributed by atoms with van der Waals surface area (Å²) in [5.41, 5.74) is 0. The monoisotopic (exact) mass is 761 g/mol. The van der Waals surface area contributed by atoms with E-state index in [9.17, 15) is 14.4 Å². The first-order valence-electron chi connectivity index (χ1n) is 21.4. The van der Waals surface area contributed by atoms with E-state index in [1.54, 1.807) is 0 Å². The van der Waals surface area contributed by atoms with E-state index in [-0.39, 0.29) is 44.0 Å². The minimum atomic E-state index is -0.827. The lowest BCUT2D eigenvalue weighted by Crippen LogP contribution is -2.30. The summed E-state index contributed by atoms with van der Waals surface area (Å²) in [5, 5.41) is 0. The molecule has 0 radical (unpaired) electrons. The third kappa shape index (κ3) is 41.1. The van der Waals surface area contributed by atoms with Crippen molar-refractivity contribution in [1.82, 2.24) is 0 Å². The maximum absolute atomic E-state index is 12.7. The Balaban J connectivity index is 4.55. The molecule has 0 aliphatic heterocycles. The number of hydrogen-bond donors (Lipinski definition) is 0. The van der Waals surface area contributed by atoms with Crippen LogP contribution in [0, 0.1) is 0 Å². The zero-order valence-corrected chi connectivity index (χ0v) is 34.9. The highest BCUT2D eigenvalue weighted by Gasteiger charge is 2.19. The molecule has 0 aromatic heterocycles. The molecule has 0 aliphatic carbocycles. The number of ether oxygens (including phenoxy) is 3. The van der Waals surface area contributed by atoms with Gasteiger partial charge in [0.25, 0.3) is 0 Å². The predicted molar refractivity (Wildman–Crippen MR) is 233 cm³/mol. The first kappa shape index (κ1) is 51.1. The van der Waals surface area contributed by atoms with Crippen molar-refractivity contribution in [3.63, 3.8) is 0 Å². The summed E-state index contributed by atoms with van der Waals surface area (Å²) in [6.45, 7) is 6.13. The summed E-state index contributed by atoms with van der Waals surface area (Å²) in [5.74, 6) is -1.08. The minimum absolute atomic E-state index is 0.127. The second-order valence-corrected chi connectivity index (χ2v) is 13.5. The maximum Gasteiger partial charge on any atom is 0.306 e. The number of carbonyl (C=O) groups is 3. The van der Waals surface area contributed by atoms with E-state index in [0.29, 0.717) is 12.8 Å². The van der Waals surface area contributed by atoms with E-state index >= 15 is 0 Å². The zero-order valence-electron chi connectivity index (χ0n) is 34.9. The predicted octanol–water partition coefficient (Wildman–Crippen LogP) is 13.6. The molecule has 0 bridgehead atoms. The van der Waals surface area contributed by atoms with Crippen molar-refractivity contribution >= 4 is 17.9 Å². The third-order valence-corrected chi connectivity index (χ3v) is 8.27. The van der Waals surface area contributed by atoms with Gasteiger partial charge in [0, 0.05) is 19.3 Å². The van der Waals surface area contributed by atoms with E-state index < -0.39 is 6.10 Å². The molecule has 0 rings (SSSR count). The van der Waals surface area contributed by atoms with E-state index in [1.807, 2.05) is 12.2 Å². The largest absolute Gasteiger partial charge is 0.462 e. The molecule has 0 amide bonds. The second-order valence-electron chi connectivity index (χ2n) is 13.5. The van der Waals surface area contributed by atoms with Crippen LogP contribution in [-0.2, 0) is 28.6 Å². The molecule has 0 fully saturated rings. The van der Waals surface area contributed by atoms with Crippen LogP contribution in [0.5, 0.6) is 0 Å². The molecule has 0 aromatic rings.